The van der Waals surface area contributed by atoms with Crippen LogP contribution in [-0.2, 0) is 26.6 Å². The Morgan fingerprint density at radius 1 is 1.34 bits per heavy atom. The van der Waals surface area contributed by atoms with Crippen molar-refractivity contribution in [3.8, 4) is 0 Å². The number of nitrogens with zero attached hydrogens (tertiary/aromatic N) is 2. The molecule has 4 N–H and O–H groups in total. The number of aliphatic hydroxyl groups is 1. The predicted octanol–water partition coefficient (Wildman–Crippen LogP) is 4.86. The summed E-state index contributed by atoms with van der Waals surface area (Å²) in [7, 11) is -3.02. The molecule has 0 saturated carbocycles. The minimum atomic E-state index is -3.02. The Hall–Kier alpha value is -1.68. The zero-order chi connectivity index (χ0) is 22.1. The van der Waals surface area contributed by atoms with Crippen LogP contribution in [0, 0.1) is 10.6 Å². The molecule has 0 saturated heterocycles. The summed E-state index contributed by atoms with van der Waals surface area (Å²) in [6.07, 6.45) is 1.28. The van der Waals surface area contributed by atoms with E-state index >= 15 is 0 Å². The fourth-order valence-electron chi connectivity index (χ4n) is 3.09. The van der Waals surface area contributed by atoms with Crippen LogP contribution in [0.3, 0.4) is 0 Å². The third-order valence-corrected chi connectivity index (χ3v) is 7.76. The lowest BCUT2D eigenvalue weighted by molar-refractivity contribution is -0.117. The second kappa shape index (κ2) is 8.59. The highest BCUT2D eigenvalue weighted by molar-refractivity contribution is 7.94. The number of benzene rings is 1. The van der Waals surface area contributed by atoms with Gasteiger partial charge in [-0.2, -0.15) is 4.36 Å². The SMILES string of the molecule is CC(C)c1ccc(F)c(C(C)C)c1CC(=O)N=S(=N)(N)c1cnc(C(C)(C)O)s1. The van der Waals surface area contributed by atoms with E-state index in [-0.39, 0.29) is 24.1 Å². The largest absolute Gasteiger partial charge is 0.383 e. The van der Waals surface area contributed by atoms with Crippen molar-refractivity contribution in [1.29, 1.82) is 4.78 Å². The zero-order valence-corrected chi connectivity index (χ0v) is 19.2. The minimum absolute atomic E-state index is 0.0988. The molecule has 2 aromatic rings. The number of hydrogen-bond acceptors (Lipinski definition) is 5. The summed E-state index contributed by atoms with van der Waals surface area (Å²) >= 11 is 1.07. The first-order chi connectivity index (χ1) is 13.2. The number of hydrogen-bond donors (Lipinski definition) is 3. The van der Waals surface area contributed by atoms with Crippen LogP contribution in [0.4, 0.5) is 4.39 Å². The molecule has 6 nitrogen and oxygen atoms in total. The molecule has 1 aromatic carbocycles. The molecular formula is C20H29FN4O2S2. The molecular weight excluding hydrogens is 411 g/mol. The maximum absolute atomic E-state index is 14.5. The van der Waals surface area contributed by atoms with Crippen molar-refractivity contribution < 1.29 is 14.3 Å². The Balaban J connectivity index is 2.46. The van der Waals surface area contributed by atoms with Crippen molar-refractivity contribution in [2.75, 3.05) is 0 Å². The van der Waals surface area contributed by atoms with Gasteiger partial charge in [-0.3, -0.25) is 14.7 Å². The molecule has 0 bridgehead atoms. The summed E-state index contributed by atoms with van der Waals surface area (Å²) < 4.78 is 27.2. The van der Waals surface area contributed by atoms with Crippen molar-refractivity contribution in [3.05, 3.63) is 45.8 Å². The van der Waals surface area contributed by atoms with Gasteiger partial charge in [-0.05, 0) is 48.4 Å². The van der Waals surface area contributed by atoms with Crippen molar-refractivity contribution >= 4 is 27.1 Å². The Labute approximate surface area is 176 Å². The van der Waals surface area contributed by atoms with Gasteiger partial charge in [0, 0.05) is 9.81 Å². The first-order valence-corrected chi connectivity index (χ1v) is 11.8. The van der Waals surface area contributed by atoms with E-state index in [1.54, 1.807) is 19.9 Å². The smallest absolute Gasteiger partial charge is 0.258 e. The highest BCUT2D eigenvalue weighted by Crippen LogP contribution is 2.31. The van der Waals surface area contributed by atoms with Crippen LogP contribution in [0.2, 0.25) is 0 Å². The third-order valence-electron chi connectivity index (χ3n) is 4.43. The average Bonchev–Trinajstić information content (AvgIpc) is 3.04. The van der Waals surface area contributed by atoms with Crippen LogP contribution in [0.25, 0.3) is 0 Å². The number of amides is 1. The van der Waals surface area contributed by atoms with Crippen molar-refractivity contribution in [1.82, 2.24) is 4.98 Å². The molecule has 1 atom stereocenters. The van der Waals surface area contributed by atoms with E-state index in [1.807, 2.05) is 27.7 Å². The quantitative estimate of drug-likeness (QED) is 0.595. The van der Waals surface area contributed by atoms with Crippen molar-refractivity contribution in [3.63, 3.8) is 0 Å². The molecule has 29 heavy (non-hydrogen) atoms. The van der Waals surface area contributed by atoms with Gasteiger partial charge in [0.05, 0.1) is 12.6 Å². The Morgan fingerprint density at radius 2 is 1.97 bits per heavy atom. The van der Waals surface area contributed by atoms with Crippen LogP contribution in [-0.4, -0.2) is 16.0 Å². The molecule has 1 amide bonds. The lowest BCUT2D eigenvalue weighted by Crippen LogP contribution is -2.16. The van der Waals surface area contributed by atoms with E-state index in [9.17, 15) is 14.3 Å². The average molecular weight is 441 g/mol. The van der Waals surface area contributed by atoms with Gasteiger partial charge in [-0.15, -0.1) is 11.3 Å². The van der Waals surface area contributed by atoms with Crippen molar-refractivity contribution in [2.24, 2.45) is 9.50 Å². The Bertz CT molecular complexity index is 1030. The zero-order valence-electron chi connectivity index (χ0n) is 17.6. The summed E-state index contributed by atoms with van der Waals surface area (Å²) in [5.41, 5.74) is 0.857. The van der Waals surface area contributed by atoms with Gasteiger partial charge in [-0.1, -0.05) is 33.8 Å². The summed E-state index contributed by atoms with van der Waals surface area (Å²) in [6, 6.07) is 3.14. The molecule has 0 aliphatic rings. The van der Waals surface area contributed by atoms with Crippen LogP contribution in [0.1, 0.15) is 75.1 Å². The first kappa shape index (κ1) is 23.6. The molecule has 1 unspecified atom stereocenters. The number of rotatable bonds is 6. The number of nitrogens with two attached hydrogens (primary N) is 1. The summed E-state index contributed by atoms with van der Waals surface area (Å²) in [6.45, 7) is 10.9. The molecule has 2 rings (SSSR count). The lowest BCUT2D eigenvalue weighted by Gasteiger charge is -2.19. The maximum atomic E-state index is 14.5. The number of nitrogens with one attached hydrogen (secondary N) is 1. The van der Waals surface area contributed by atoms with Gasteiger partial charge in [0.2, 0.25) is 0 Å². The standard InChI is InChI=1S/C20H29FN4O2S2/c1-11(2)13-7-8-15(21)18(12(3)4)14(13)9-16(26)25-29(22,23)17-10-24-19(28-17)20(5,6)27/h7-8,10-12,27H,9H2,1-6H3,(H3,22,23,25,26). The molecule has 0 fully saturated rings. The molecule has 1 aromatic heterocycles. The number of thiazole rings is 1. The monoisotopic (exact) mass is 440 g/mol. The number of halogens is 1. The Morgan fingerprint density at radius 3 is 2.45 bits per heavy atom. The van der Waals surface area contributed by atoms with Crippen LogP contribution < -0.4 is 5.14 Å². The maximum Gasteiger partial charge on any atom is 0.258 e. The van der Waals surface area contributed by atoms with Crippen LogP contribution in [0.15, 0.2) is 26.9 Å². The van der Waals surface area contributed by atoms with Gasteiger partial charge in [0.15, 0.2) is 0 Å². The first-order valence-electron chi connectivity index (χ1n) is 9.35. The molecule has 0 aliphatic heterocycles. The minimum Gasteiger partial charge on any atom is -0.383 e. The Kier molecular flexibility index (Phi) is 6.99. The molecule has 0 aliphatic carbocycles. The van der Waals surface area contributed by atoms with Crippen molar-refractivity contribution in [2.45, 2.75) is 69.6 Å². The molecule has 9 heteroatoms. The molecule has 160 valence electrons. The lowest BCUT2D eigenvalue weighted by atomic mass is 9.86. The second-order valence-electron chi connectivity index (χ2n) is 8.17. The highest BCUT2D eigenvalue weighted by atomic mass is 32.2. The molecule has 0 spiro atoms. The fourth-order valence-corrected chi connectivity index (χ4v) is 5.29. The van der Waals surface area contributed by atoms with E-state index < -0.39 is 21.3 Å². The molecule has 1 heterocycles. The van der Waals surface area contributed by atoms with E-state index in [4.69, 9.17) is 9.92 Å². The topological polar surface area (TPSA) is 112 Å². The van der Waals surface area contributed by atoms with E-state index in [0.29, 0.717) is 20.3 Å². The van der Waals surface area contributed by atoms with E-state index in [0.717, 1.165) is 16.9 Å². The number of carbonyl (C=O) groups is 1. The second-order valence-corrected chi connectivity index (χ2v) is 11.3. The van der Waals surface area contributed by atoms with Gasteiger partial charge in [0.25, 0.3) is 5.91 Å². The van der Waals surface area contributed by atoms with Gasteiger partial charge in [-0.25, -0.2) is 9.37 Å². The fraction of sp³-hybridized carbons (Fsp3) is 0.500. The normalized spacial score (nSPS) is 14.3. The van der Waals surface area contributed by atoms with Crippen LogP contribution >= 0.6 is 11.3 Å². The predicted molar refractivity (Wildman–Crippen MR) is 116 cm³/mol. The van der Waals surface area contributed by atoms with Gasteiger partial charge < -0.3 is 5.11 Å². The number of carbonyl (C=O) groups excluding carboxylic acids is 1. The third kappa shape index (κ3) is 5.48. The highest BCUT2D eigenvalue weighted by Gasteiger charge is 2.23. The van der Waals surface area contributed by atoms with Gasteiger partial charge in [0.1, 0.15) is 20.6 Å². The van der Waals surface area contributed by atoms with E-state index in [1.165, 1.54) is 12.3 Å². The molecule has 0 radical (unpaired) electrons. The van der Waals surface area contributed by atoms with Crippen LogP contribution in [0.5, 0.6) is 0 Å². The van der Waals surface area contributed by atoms with Gasteiger partial charge >= 0.3 is 0 Å². The summed E-state index contributed by atoms with van der Waals surface area (Å²) in [5, 5.41) is 16.5. The summed E-state index contributed by atoms with van der Waals surface area (Å²) in [4.78, 5) is 16.8. The van der Waals surface area contributed by atoms with E-state index in [2.05, 4.69) is 9.35 Å². The number of aromatic nitrogens is 1. The summed E-state index contributed by atoms with van der Waals surface area (Å²) in [5.74, 6) is -0.900.